The molecular weight excluding hydrogens is 316 g/mol. The molecule has 0 saturated carbocycles. The van der Waals surface area contributed by atoms with Gasteiger partial charge in [0.15, 0.2) is 0 Å². The normalized spacial score (nSPS) is 11.6. The molecule has 2 amide bonds. The second-order valence-corrected chi connectivity index (χ2v) is 6.08. The first-order valence-corrected chi connectivity index (χ1v) is 8.31. The fraction of sp³-hybridized carbons (Fsp3) is 0.300. The molecule has 0 aromatic heterocycles. The number of hydrogen-bond acceptors (Lipinski definition) is 3. The molecule has 25 heavy (non-hydrogen) atoms. The van der Waals surface area contributed by atoms with Crippen molar-refractivity contribution in [1.82, 2.24) is 10.2 Å². The van der Waals surface area contributed by atoms with Gasteiger partial charge in [0.2, 0.25) is 0 Å². The Balaban J connectivity index is 2.11. The molecule has 0 bridgehead atoms. The highest BCUT2D eigenvalue weighted by molar-refractivity contribution is 5.97. The zero-order chi connectivity index (χ0) is 18.2. The molecule has 0 aliphatic heterocycles. The molecule has 0 saturated heterocycles. The number of amides is 2. The molecule has 132 valence electrons. The van der Waals surface area contributed by atoms with E-state index >= 15 is 0 Å². The van der Waals surface area contributed by atoms with Gasteiger partial charge in [-0.15, -0.1) is 0 Å². The molecule has 1 atom stereocenters. The Labute approximate surface area is 148 Å². The van der Waals surface area contributed by atoms with E-state index < -0.39 is 0 Å². The number of rotatable bonds is 7. The molecule has 0 aliphatic rings. The molecule has 1 unspecified atom stereocenters. The van der Waals surface area contributed by atoms with Gasteiger partial charge in [-0.05, 0) is 42.7 Å². The number of aliphatic hydroxyl groups excluding tert-OH is 1. The quantitative estimate of drug-likeness (QED) is 0.814. The van der Waals surface area contributed by atoms with E-state index in [1.54, 1.807) is 38.4 Å². The fourth-order valence-corrected chi connectivity index (χ4v) is 2.57. The van der Waals surface area contributed by atoms with Crippen LogP contribution in [0.4, 0.5) is 0 Å². The van der Waals surface area contributed by atoms with Crippen LogP contribution in [0.5, 0.6) is 0 Å². The van der Waals surface area contributed by atoms with Gasteiger partial charge >= 0.3 is 0 Å². The molecule has 0 radical (unpaired) electrons. The Morgan fingerprint density at radius 2 is 1.60 bits per heavy atom. The van der Waals surface area contributed by atoms with Crippen LogP contribution in [0, 0.1) is 0 Å². The molecule has 0 fully saturated rings. The first-order chi connectivity index (χ1) is 12.0. The SMILES string of the molecule is CN(C)C(=O)c1ccc(C(=O)NC(CCCO)c2ccccc2)cc1. The maximum Gasteiger partial charge on any atom is 0.253 e. The maximum absolute atomic E-state index is 12.5. The molecule has 2 aromatic rings. The predicted octanol–water partition coefficient (Wildman–Crippen LogP) is 2.63. The standard InChI is InChI=1S/C20H24N2O3/c1-22(2)20(25)17-12-10-16(11-13-17)19(24)21-18(9-6-14-23)15-7-4-3-5-8-15/h3-5,7-8,10-13,18,23H,6,9,14H2,1-2H3,(H,21,24). The lowest BCUT2D eigenvalue weighted by Gasteiger charge is -2.19. The number of carbonyl (C=O) groups is 2. The molecule has 0 spiro atoms. The highest BCUT2D eigenvalue weighted by Gasteiger charge is 2.16. The molecular formula is C20H24N2O3. The van der Waals surface area contributed by atoms with E-state index in [0.29, 0.717) is 24.0 Å². The molecule has 0 aliphatic carbocycles. The smallest absolute Gasteiger partial charge is 0.253 e. The van der Waals surface area contributed by atoms with Gasteiger partial charge in [-0.1, -0.05) is 30.3 Å². The lowest BCUT2D eigenvalue weighted by atomic mass is 10.0. The van der Waals surface area contributed by atoms with Gasteiger partial charge in [0.25, 0.3) is 11.8 Å². The number of hydrogen-bond donors (Lipinski definition) is 2. The zero-order valence-corrected chi connectivity index (χ0v) is 14.6. The van der Waals surface area contributed by atoms with Crippen LogP contribution < -0.4 is 5.32 Å². The number of nitrogens with zero attached hydrogens (tertiary/aromatic N) is 1. The van der Waals surface area contributed by atoms with E-state index in [2.05, 4.69) is 5.32 Å². The fourth-order valence-electron chi connectivity index (χ4n) is 2.57. The Hall–Kier alpha value is -2.66. The number of carbonyl (C=O) groups excluding carboxylic acids is 2. The summed E-state index contributed by atoms with van der Waals surface area (Å²) in [5.74, 6) is -0.298. The van der Waals surface area contributed by atoms with E-state index in [0.717, 1.165) is 5.56 Å². The van der Waals surface area contributed by atoms with Gasteiger partial charge in [-0.3, -0.25) is 9.59 Å². The summed E-state index contributed by atoms with van der Waals surface area (Å²) in [7, 11) is 3.38. The minimum absolute atomic E-state index is 0.0839. The molecule has 2 rings (SSSR count). The summed E-state index contributed by atoms with van der Waals surface area (Å²) in [5, 5.41) is 12.1. The highest BCUT2D eigenvalue weighted by atomic mass is 16.3. The van der Waals surface area contributed by atoms with E-state index in [9.17, 15) is 9.59 Å². The highest BCUT2D eigenvalue weighted by Crippen LogP contribution is 2.19. The molecule has 0 heterocycles. The third kappa shape index (κ3) is 5.16. The topological polar surface area (TPSA) is 69.6 Å². The average molecular weight is 340 g/mol. The van der Waals surface area contributed by atoms with E-state index in [1.165, 1.54) is 4.90 Å². The summed E-state index contributed by atoms with van der Waals surface area (Å²) in [6, 6.07) is 16.1. The van der Waals surface area contributed by atoms with Crippen LogP contribution in [0.2, 0.25) is 0 Å². The predicted molar refractivity (Wildman–Crippen MR) is 97.4 cm³/mol. The zero-order valence-electron chi connectivity index (χ0n) is 14.6. The maximum atomic E-state index is 12.5. The van der Waals surface area contributed by atoms with Crippen LogP contribution in [0.1, 0.15) is 45.2 Å². The Bertz CT molecular complexity index is 697. The van der Waals surface area contributed by atoms with E-state index in [1.807, 2.05) is 30.3 Å². The van der Waals surface area contributed by atoms with Crippen molar-refractivity contribution >= 4 is 11.8 Å². The van der Waals surface area contributed by atoms with Gasteiger partial charge in [0.1, 0.15) is 0 Å². The molecule has 5 nitrogen and oxygen atoms in total. The number of benzene rings is 2. The van der Waals surface area contributed by atoms with Crippen molar-refractivity contribution in [2.75, 3.05) is 20.7 Å². The van der Waals surface area contributed by atoms with E-state index in [4.69, 9.17) is 5.11 Å². The largest absolute Gasteiger partial charge is 0.396 e. The lowest BCUT2D eigenvalue weighted by Crippen LogP contribution is -2.29. The lowest BCUT2D eigenvalue weighted by molar-refractivity contribution is 0.0826. The summed E-state index contributed by atoms with van der Waals surface area (Å²) < 4.78 is 0. The van der Waals surface area contributed by atoms with Gasteiger partial charge < -0.3 is 15.3 Å². The first-order valence-electron chi connectivity index (χ1n) is 8.31. The van der Waals surface area contributed by atoms with Crippen LogP contribution in [-0.4, -0.2) is 42.5 Å². The van der Waals surface area contributed by atoms with Crippen molar-refractivity contribution in [1.29, 1.82) is 0 Å². The van der Waals surface area contributed by atoms with Crippen molar-refractivity contribution in [2.24, 2.45) is 0 Å². The minimum Gasteiger partial charge on any atom is -0.396 e. The van der Waals surface area contributed by atoms with Crippen molar-refractivity contribution in [2.45, 2.75) is 18.9 Å². The average Bonchev–Trinajstić information content (AvgIpc) is 2.65. The second kappa shape index (κ2) is 8.99. The van der Waals surface area contributed by atoms with Gasteiger partial charge in [0.05, 0.1) is 6.04 Å². The Morgan fingerprint density at radius 1 is 1.00 bits per heavy atom. The van der Waals surface area contributed by atoms with Crippen LogP contribution in [0.3, 0.4) is 0 Å². The summed E-state index contributed by atoms with van der Waals surface area (Å²) in [5.41, 5.74) is 2.05. The molecule has 2 aromatic carbocycles. The van der Waals surface area contributed by atoms with Crippen molar-refractivity contribution in [3.8, 4) is 0 Å². The van der Waals surface area contributed by atoms with Gasteiger partial charge in [0, 0.05) is 31.8 Å². The molecule has 5 heteroatoms. The van der Waals surface area contributed by atoms with Crippen molar-refractivity contribution < 1.29 is 14.7 Å². The van der Waals surface area contributed by atoms with Crippen LogP contribution in [0.25, 0.3) is 0 Å². The van der Waals surface area contributed by atoms with Crippen molar-refractivity contribution in [3.63, 3.8) is 0 Å². The number of nitrogens with one attached hydrogen (secondary N) is 1. The first kappa shape index (κ1) is 18.7. The van der Waals surface area contributed by atoms with Gasteiger partial charge in [-0.2, -0.15) is 0 Å². The van der Waals surface area contributed by atoms with Gasteiger partial charge in [-0.25, -0.2) is 0 Å². The summed E-state index contributed by atoms with van der Waals surface area (Å²) in [6.45, 7) is 0.0839. The van der Waals surface area contributed by atoms with Crippen LogP contribution >= 0.6 is 0 Å². The Morgan fingerprint density at radius 3 is 2.16 bits per heavy atom. The summed E-state index contributed by atoms with van der Waals surface area (Å²) >= 11 is 0. The van der Waals surface area contributed by atoms with E-state index in [-0.39, 0.29) is 24.5 Å². The summed E-state index contributed by atoms with van der Waals surface area (Å²) in [4.78, 5) is 25.9. The van der Waals surface area contributed by atoms with Crippen LogP contribution in [0.15, 0.2) is 54.6 Å². The monoisotopic (exact) mass is 340 g/mol. The molecule has 2 N–H and O–H groups in total. The van der Waals surface area contributed by atoms with Crippen molar-refractivity contribution in [3.05, 3.63) is 71.3 Å². The van der Waals surface area contributed by atoms with Crippen LogP contribution in [-0.2, 0) is 0 Å². The third-order valence-corrected chi connectivity index (χ3v) is 3.96. The summed E-state index contributed by atoms with van der Waals surface area (Å²) in [6.07, 6.45) is 1.26. The second-order valence-electron chi connectivity index (χ2n) is 6.08. The number of aliphatic hydroxyl groups is 1. The minimum atomic E-state index is -0.198. The third-order valence-electron chi connectivity index (χ3n) is 3.96. The Kier molecular flexibility index (Phi) is 6.71.